The molecule has 0 aliphatic rings. The Morgan fingerprint density at radius 1 is 1.78 bits per heavy atom. The molecule has 0 atom stereocenters. The Bertz CT molecular complexity index is 129. The lowest BCUT2D eigenvalue weighted by Gasteiger charge is -1.91. The molecule has 0 aromatic heterocycles. The summed E-state index contributed by atoms with van der Waals surface area (Å²) in [6.07, 6.45) is 2.95. The van der Waals surface area contributed by atoms with E-state index in [-0.39, 0.29) is 4.92 Å². The van der Waals surface area contributed by atoms with Gasteiger partial charge in [-0.05, 0) is 19.4 Å². The van der Waals surface area contributed by atoms with Gasteiger partial charge in [-0.2, -0.15) is 0 Å². The van der Waals surface area contributed by atoms with Gasteiger partial charge in [0.25, 0.3) is 0 Å². The van der Waals surface area contributed by atoms with Crippen molar-refractivity contribution in [3.8, 4) is 0 Å². The molecule has 0 saturated carbocycles. The maximum Gasteiger partial charge on any atom is 0.242 e. The molecular formula is C6H11NO2. The Balaban J connectivity index is 3.85. The fourth-order valence-corrected chi connectivity index (χ4v) is 0.597. The Morgan fingerprint density at radius 2 is 2.33 bits per heavy atom. The molecule has 52 valence electrons. The molecule has 0 aliphatic heterocycles. The molecule has 0 heterocycles. The van der Waals surface area contributed by atoms with E-state index in [1.54, 1.807) is 13.0 Å². The van der Waals surface area contributed by atoms with Gasteiger partial charge in [-0.25, -0.2) is 0 Å². The highest BCUT2D eigenvalue weighted by atomic mass is 16.6. The van der Waals surface area contributed by atoms with Crippen LogP contribution in [-0.2, 0) is 0 Å². The second kappa shape index (κ2) is 4.06. The van der Waals surface area contributed by atoms with Crippen LogP contribution in [0.4, 0.5) is 0 Å². The highest BCUT2D eigenvalue weighted by Crippen LogP contribution is 2.03. The van der Waals surface area contributed by atoms with Crippen LogP contribution in [0.3, 0.4) is 0 Å². The van der Waals surface area contributed by atoms with Gasteiger partial charge in [0, 0.05) is 6.42 Å². The predicted octanol–water partition coefficient (Wildman–Crippen LogP) is 1.97. The van der Waals surface area contributed by atoms with Crippen molar-refractivity contribution >= 4 is 0 Å². The summed E-state index contributed by atoms with van der Waals surface area (Å²) in [6, 6.07) is 0. The molecule has 3 heteroatoms. The zero-order chi connectivity index (χ0) is 7.28. The molecular weight excluding hydrogens is 118 g/mol. The first-order chi connectivity index (χ1) is 4.22. The van der Waals surface area contributed by atoms with Crippen molar-refractivity contribution in [2.24, 2.45) is 0 Å². The molecule has 0 radical (unpaired) electrons. The van der Waals surface area contributed by atoms with Crippen molar-refractivity contribution in [3.05, 3.63) is 21.9 Å². The lowest BCUT2D eigenvalue weighted by molar-refractivity contribution is -0.428. The fourth-order valence-electron chi connectivity index (χ4n) is 0.597. The Labute approximate surface area is 54.5 Å². The molecule has 0 spiro atoms. The van der Waals surface area contributed by atoms with Gasteiger partial charge < -0.3 is 0 Å². The number of nitro groups is 1. The van der Waals surface area contributed by atoms with Crippen molar-refractivity contribution in [1.29, 1.82) is 0 Å². The van der Waals surface area contributed by atoms with Gasteiger partial charge in [0.15, 0.2) is 0 Å². The maximum absolute atomic E-state index is 10.1. The van der Waals surface area contributed by atoms with Crippen LogP contribution in [0.5, 0.6) is 0 Å². The first-order valence-corrected chi connectivity index (χ1v) is 3.02. The molecule has 0 fully saturated rings. The van der Waals surface area contributed by atoms with Crippen molar-refractivity contribution in [3.63, 3.8) is 0 Å². The third-order valence-corrected chi connectivity index (χ3v) is 1.07. The second-order valence-electron chi connectivity index (χ2n) is 1.79. The minimum Gasteiger partial charge on any atom is -0.259 e. The fraction of sp³-hybridized carbons (Fsp3) is 0.667. The minimum atomic E-state index is -0.330. The molecule has 0 N–H and O–H groups in total. The van der Waals surface area contributed by atoms with E-state index in [0.29, 0.717) is 12.1 Å². The Morgan fingerprint density at radius 3 is 2.44 bits per heavy atom. The van der Waals surface area contributed by atoms with E-state index in [2.05, 4.69) is 0 Å². The molecule has 9 heavy (non-hydrogen) atoms. The molecule has 0 amide bonds. The summed E-state index contributed by atoms with van der Waals surface area (Å²) in [6.45, 7) is 3.61. The molecule has 0 aliphatic carbocycles. The van der Waals surface area contributed by atoms with Gasteiger partial charge in [-0.15, -0.1) is 0 Å². The largest absolute Gasteiger partial charge is 0.259 e. The van der Waals surface area contributed by atoms with Crippen molar-refractivity contribution < 1.29 is 4.92 Å². The second-order valence-corrected chi connectivity index (χ2v) is 1.79. The van der Waals surface area contributed by atoms with Gasteiger partial charge in [-0.1, -0.05) is 6.92 Å². The van der Waals surface area contributed by atoms with Crippen LogP contribution in [0.1, 0.15) is 26.7 Å². The first kappa shape index (κ1) is 8.14. The number of hydrogen-bond acceptors (Lipinski definition) is 2. The number of nitrogens with zero attached hydrogens (tertiary/aromatic N) is 1. The van der Waals surface area contributed by atoms with Crippen molar-refractivity contribution in [2.45, 2.75) is 26.7 Å². The van der Waals surface area contributed by atoms with E-state index >= 15 is 0 Å². The lowest BCUT2D eigenvalue weighted by atomic mass is 10.2. The van der Waals surface area contributed by atoms with E-state index in [4.69, 9.17) is 0 Å². The number of rotatable bonds is 3. The highest BCUT2D eigenvalue weighted by molar-refractivity contribution is 4.87. The van der Waals surface area contributed by atoms with E-state index in [1.165, 1.54) is 0 Å². The molecule has 0 aromatic carbocycles. The smallest absolute Gasteiger partial charge is 0.242 e. The molecule has 0 aromatic rings. The van der Waals surface area contributed by atoms with E-state index in [1.807, 2.05) is 6.92 Å². The summed E-state index contributed by atoms with van der Waals surface area (Å²) >= 11 is 0. The van der Waals surface area contributed by atoms with Gasteiger partial charge in [-0.3, -0.25) is 10.1 Å². The lowest BCUT2D eigenvalue weighted by Crippen LogP contribution is -1.96. The van der Waals surface area contributed by atoms with E-state index < -0.39 is 0 Å². The summed E-state index contributed by atoms with van der Waals surface area (Å²) in [7, 11) is 0. The normalized spacial score (nSPS) is 11.6. The molecule has 0 saturated heterocycles. The summed E-state index contributed by atoms with van der Waals surface area (Å²) in [5, 5.41) is 10.1. The van der Waals surface area contributed by atoms with Crippen LogP contribution in [-0.4, -0.2) is 4.92 Å². The average molecular weight is 129 g/mol. The van der Waals surface area contributed by atoms with Gasteiger partial charge >= 0.3 is 0 Å². The molecule has 3 nitrogen and oxygen atoms in total. The maximum atomic E-state index is 10.1. The van der Waals surface area contributed by atoms with Crippen LogP contribution in [0.2, 0.25) is 0 Å². The molecule has 0 rings (SSSR count). The minimum absolute atomic E-state index is 0.317. The van der Waals surface area contributed by atoms with Crippen LogP contribution in [0.15, 0.2) is 11.8 Å². The molecule has 0 unspecified atom stereocenters. The van der Waals surface area contributed by atoms with Gasteiger partial charge in [0.05, 0.1) is 4.92 Å². The Kier molecular flexibility index (Phi) is 3.67. The Hall–Kier alpha value is -0.860. The quantitative estimate of drug-likeness (QED) is 0.432. The SMILES string of the molecule is CC=C(CCC)[N+](=O)[O-]. The van der Waals surface area contributed by atoms with E-state index in [0.717, 1.165) is 6.42 Å². The molecule has 0 bridgehead atoms. The van der Waals surface area contributed by atoms with E-state index in [9.17, 15) is 10.1 Å². The monoisotopic (exact) mass is 129 g/mol. The summed E-state index contributed by atoms with van der Waals surface area (Å²) < 4.78 is 0. The van der Waals surface area contributed by atoms with Crippen molar-refractivity contribution in [2.75, 3.05) is 0 Å². The van der Waals surface area contributed by atoms with Gasteiger partial charge in [0.2, 0.25) is 5.70 Å². The van der Waals surface area contributed by atoms with Crippen LogP contribution in [0.25, 0.3) is 0 Å². The predicted molar refractivity (Wildman–Crippen MR) is 35.7 cm³/mol. The standard InChI is InChI=1S/C6H11NO2/c1-3-5-6(4-2)7(8)9/h4H,3,5H2,1-2H3. The number of allylic oxidation sites excluding steroid dienone is 2. The first-order valence-electron chi connectivity index (χ1n) is 3.02. The van der Waals surface area contributed by atoms with Crippen LogP contribution >= 0.6 is 0 Å². The van der Waals surface area contributed by atoms with Crippen molar-refractivity contribution in [1.82, 2.24) is 0 Å². The third-order valence-electron chi connectivity index (χ3n) is 1.07. The summed E-state index contributed by atoms with van der Waals surface area (Å²) in [5.41, 5.74) is 0.317. The topological polar surface area (TPSA) is 43.1 Å². The average Bonchev–Trinajstić information content (AvgIpc) is 1.82. The highest BCUT2D eigenvalue weighted by Gasteiger charge is 2.04. The zero-order valence-corrected chi connectivity index (χ0v) is 5.76. The van der Waals surface area contributed by atoms with Gasteiger partial charge in [0.1, 0.15) is 0 Å². The van der Waals surface area contributed by atoms with Crippen LogP contribution in [0, 0.1) is 10.1 Å². The zero-order valence-electron chi connectivity index (χ0n) is 5.76. The summed E-state index contributed by atoms with van der Waals surface area (Å²) in [4.78, 5) is 9.73. The summed E-state index contributed by atoms with van der Waals surface area (Å²) in [5.74, 6) is 0. The van der Waals surface area contributed by atoms with Crippen LogP contribution < -0.4 is 0 Å². The number of hydrogen-bond donors (Lipinski definition) is 0. The third kappa shape index (κ3) is 2.85.